The van der Waals surface area contributed by atoms with E-state index in [1.54, 1.807) is 23.5 Å². The molecule has 19 heavy (non-hydrogen) atoms. The van der Waals surface area contributed by atoms with E-state index >= 15 is 0 Å². The molecule has 1 amide bonds. The lowest BCUT2D eigenvalue weighted by molar-refractivity contribution is 0.102. The Bertz CT molecular complexity index is 569. The van der Waals surface area contributed by atoms with Gasteiger partial charge in [0, 0.05) is 16.0 Å². The summed E-state index contributed by atoms with van der Waals surface area (Å²) < 4.78 is 0. The lowest BCUT2D eigenvalue weighted by Crippen LogP contribution is -2.12. The molecule has 1 N–H and O–H groups in total. The molecule has 0 spiro atoms. The topological polar surface area (TPSA) is 42.0 Å². The van der Waals surface area contributed by atoms with Gasteiger partial charge in [0.2, 0.25) is 0 Å². The number of benzene rings is 1. The Balaban J connectivity index is 2.11. The minimum atomic E-state index is -0.102. The lowest BCUT2D eigenvalue weighted by Gasteiger charge is -2.06. The zero-order chi connectivity index (χ0) is 13.7. The molecule has 6 heteroatoms. The van der Waals surface area contributed by atoms with Gasteiger partial charge in [-0.3, -0.25) is 10.1 Å². The summed E-state index contributed by atoms with van der Waals surface area (Å²) in [4.78, 5) is 17.6. The van der Waals surface area contributed by atoms with Crippen LogP contribution in [0.15, 0.2) is 34.5 Å². The van der Waals surface area contributed by atoms with Crippen molar-refractivity contribution in [3.8, 4) is 0 Å². The molecular formula is C13H14N2OS3. The number of thioether (sulfide) groups is 2. The summed E-state index contributed by atoms with van der Waals surface area (Å²) in [6.07, 6.45) is 4.00. The van der Waals surface area contributed by atoms with Crippen molar-refractivity contribution >= 4 is 45.9 Å². The summed E-state index contributed by atoms with van der Waals surface area (Å²) in [5.74, 6) is 0.767. The highest BCUT2D eigenvalue weighted by molar-refractivity contribution is 7.98. The van der Waals surface area contributed by atoms with Gasteiger partial charge in [-0.15, -0.1) is 23.1 Å². The van der Waals surface area contributed by atoms with Crippen molar-refractivity contribution in [2.75, 3.05) is 17.8 Å². The van der Waals surface area contributed by atoms with E-state index < -0.39 is 0 Å². The third kappa shape index (κ3) is 3.75. The summed E-state index contributed by atoms with van der Waals surface area (Å²) in [7, 11) is 0. The van der Waals surface area contributed by atoms with Crippen LogP contribution in [0, 0.1) is 0 Å². The molecule has 0 aliphatic rings. The summed E-state index contributed by atoms with van der Waals surface area (Å²) in [5.41, 5.74) is 1.70. The predicted molar refractivity (Wildman–Crippen MR) is 85.5 cm³/mol. The fourth-order valence-corrected chi connectivity index (χ4v) is 3.42. The van der Waals surface area contributed by atoms with Crippen LogP contribution in [0.3, 0.4) is 0 Å². The Morgan fingerprint density at radius 3 is 2.89 bits per heavy atom. The average molecular weight is 310 g/mol. The van der Waals surface area contributed by atoms with Crippen molar-refractivity contribution in [1.82, 2.24) is 4.98 Å². The number of carbonyl (C=O) groups is 1. The number of anilines is 1. The first-order chi connectivity index (χ1) is 9.24. The maximum atomic E-state index is 12.2. The number of hydrogen-bond acceptors (Lipinski definition) is 5. The Labute approximate surface area is 125 Å². The highest BCUT2D eigenvalue weighted by Gasteiger charge is 2.12. The first-order valence-corrected chi connectivity index (χ1v) is 9.12. The second-order valence-corrected chi connectivity index (χ2v) is 6.30. The number of aromatic nitrogens is 1. The van der Waals surface area contributed by atoms with Gasteiger partial charge in [0.15, 0.2) is 5.13 Å². The van der Waals surface area contributed by atoms with E-state index in [0.29, 0.717) is 10.7 Å². The first kappa shape index (κ1) is 14.4. The Kier molecular flexibility index (Phi) is 5.30. The van der Waals surface area contributed by atoms with Crippen molar-refractivity contribution in [1.29, 1.82) is 0 Å². The molecule has 1 heterocycles. The van der Waals surface area contributed by atoms with Crippen LogP contribution >= 0.6 is 34.9 Å². The van der Waals surface area contributed by atoms with E-state index in [9.17, 15) is 4.79 Å². The van der Waals surface area contributed by atoms with E-state index in [2.05, 4.69) is 10.3 Å². The summed E-state index contributed by atoms with van der Waals surface area (Å²) in [6, 6.07) is 7.58. The largest absolute Gasteiger partial charge is 0.298 e. The van der Waals surface area contributed by atoms with Crippen LogP contribution < -0.4 is 5.32 Å². The SMILES string of the molecule is CSCc1csc(NC(=O)c2ccccc2SC)n1. The van der Waals surface area contributed by atoms with Crippen LogP contribution in [0.5, 0.6) is 0 Å². The minimum absolute atomic E-state index is 0.102. The number of hydrogen-bond donors (Lipinski definition) is 1. The van der Waals surface area contributed by atoms with Crippen LogP contribution in [0.2, 0.25) is 0 Å². The van der Waals surface area contributed by atoms with Gasteiger partial charge in [-0.2, -0.15) is 11.8 Å². The van der Waals surface area contributed by atoms with E-state index in [4.69, 9.17) is 0 Å². The molecule has 2 rings (SSSR count). The van der Waals surface area contributed by atoms with Crippen LogP contribution in [0.4, 0.5) is 5.13 Å². The van der Waals surface area contributed by atoms with E-state index in [0.717, 1.165) is 16.3 Å². The van der Waals surface area contributed by atoms with Crippen LogP contribution in [0.25, 0.3) is 0 Å². The zero-order valence-electron chi connectivity index (χ0n) is 10.7. The zero-order valence-corrected chi connectivity index (χ0v) is 13.1. The van der Waals surface area contributed by atoms with Gasteiger partial charge in [0.05, 0.1) is 11.3 Å². The summed E-state index contributed by atoms with van der Waals surface area (Å²) in [5, 5.41) is 5.49. The van der Waals surface area contributed by atoms with Gasteiger partial charge in [0.1, 0.15) is 0 Å². The second-order valence-electron chi connectivity index (χ2n) is 3.73. The molecule has 1 aromatic heterocycles. The second kappa shape index (κ2) is 6.98. The van der Waals surface area contributed by atoms with Crippen LogP contribution in [-0.2, 0) is 5.75 Å². The van der Waals surface area contributed by atoms with Gasteiger partial charge in [-0.1, -0.05) is 12.1 Å². The summed E-state index contributed by atoms with van der Waals surface area (Å²) in [6.45, 7) is 0. The highest BCUT2D eigenvalue weighted by Crippen LogP contribution is 2.23. The predicted octanol–water partition coefficient (Wildman–Crippen LogP) is 3.98. The molecule has 3 nitrogen and oxygen atoms in total. The quantitative estimate of drug-likeness (QED) is 0.848. The number of nitrogens with one attached hydrogen (secondary N) is 1. The standard InChI is InChI=1S/C13H14N2OS3/c1-17-7-9-8-19-13(14-9)15-12(16)10-5-3-4-6-11(10)18-2/h3-6,8H,7H2,1-2H3,(H,14,15,16). The molecule has 0 atom stereocenters. The number of carbonyl (C=O) groups excluding carboxylic acids is 1. The van der Waals surface area contributed by atoms with E-state index in [-0.39, 0.29) is 5.91 Å². The van der Waals surface area contributed by atoms with Crippen molar-refractivity contribution in [3.63, 3.8) is 0 Å². The smallest absolute Gasteiger partial charge is 0.258 e. The number of nitrogens with zero attached hydrogens (tertiary/aromatic N) is 1. The third-order valence-electron chi connectivity index (χ3n) is 2.42. The Morgan fingerprint density at radius 2 is 2.16 bits per heavy atom. The van der Waals surface area contributed by atoms with E-state index in [1.165, 1.54) is 11.3 Å². The van der Waals surface area contributed by atoms with E-state index in [1.807, 2.05) is 42.2 Å². The number of thiazole rings is 1. The number of rotatable bonds is 5. The fraction of sp³-hybridized carbons (Fsp3) is 0.231. The first-order valence-electron chi connectivity index (χ1n) is 5.62. The van der Waals surface area contributed by atoms with Gasteiger partial charge in [-0.05, 0) is 24.6 Å². The normalized spacial score (nSPS) is 10.4. The van der Waals surface area contributed by atoms with Crippen molar-refractivity contribution in [3.05, 3.63) is 40.9 Å². The monoisotopic (exact) mass is 310 g/mol. The lowest BCUT2D eigenvalue weighted by atomic mass is 10.2. The van der Waals surface area contributed by atoms with Gasteiger partial charge in [-0.25, -0.2) is 4.98 Å². The van der Waals surface area contributed by atoms with Crippen molar-refractivity contribution in [2.45, 2.75) is 10.6 Å². The molecular weight excluding hydrogens is 296 g/mol. The molecule has 0 aliphatic carbocycles. The molecule has 0 bridgehead atoms. The van der Waals surface area contributed by atoms with Crippen molar-refractivity contribution in [2.24, 2.45) is 0 Å². The molecule has 0 fully saturated rings. The maximum Gasteiger partial charge on any atom is 0.258 e. The number of amides is 1. The van der Waals surface area contributed by atoms with Gasteiger partial charge in [0.25, 0.3) is 5.91 Å². The molecule has 0 saturated carbocycles. The molecule has 0 aliphatic heterocycles. The molecule has 100 valence electrons. The average Bonchev–Trinajstić information content (AvgIpc) is 2.86. The van der Waals surface area contributed by atoms with Crippen LogP contribution in [-0.4, -0.2) is 23.4 Å². The van der Waals surface area contributed by atoms with Crippen molar-refractivity contribution < 1.29 is 4.79 Å². The minimum Gasteiger partial charge on any atom is -0.298 e. The molecule has 0 saturated heterocycles. The molecule has 0 unspecified atom stereocenters. The Hall–Kier alpha value is -0.980. The molecule has 0 radical (unpaired) electrons. The summed E-state index contributed by atoms with van der Waals surface area (Å²) >= 11 is 4.75. The van der Waals surface area contributed by atoms with Gasteiger partial charge >= 0.3 is 0 Å². The highest BCUT2D eigenvalue weighted by atomic mass is 32.2. The van der Waals surface area contributed by atoms with Crippen LogP contribution in [0.1, 0.15) is 16.1 Å². The molecule has 2 aromatic rings. The fourth-order valence-electron chi connectivity index (χ4n) is 1.58. The van der Waals surface area contributed by atoms with Gasteiger partial charge < -0.3 is 0 Å². The molecule has 1 aromatic carbocycles. The Morgan fingerprint density at radius 1 is 1.37 bits per heavy atom. The maximum absolute atomic E-state index is 12.2. The third-order valence-corrected chi connectivity index (χ3v) is 4.60.